The number of nitrogens with zero attached hydrogens (tertiary/aromatic N) is 1. The van der Waals surface area contributed by atoms with Gasteiger partial charge >= 0.3 is 6.03 Å². The summed E-state index contributed by atoms with van der Waals surface area (Å²) in [6, 6.07) is 13.2. The molecule has 0 bridgehead atoms. The van der Waals surface area contributed by atoms with Crippen molar-refractivity contribution in [2.45, 2.75) is 11.4 Å². The van der Waals surface area contributed by atoms with Crippen LogP contribution in [0, 0.1) is 0 Å². The van der Waals surface area contributed by atoms with E-state index in [-0.39, 0.29) is 24.0 Å². The molecule has 0 atom stereocenters. The lowest BCUT2D eigenvalue weighted by Crippen LogP contribution is -2.40. The van der Waals surface area contributed by atoms with Gasteiger partial charge in [0.2, 0.25) is 10.0 Å². The summed E-state index contributed by atoms with van der Waals surface area (Å²) in [6.07, 6.45) is 1.67. The van der Waals surface area contributed by atoms with Crippen molar-refractivity contribution in [2.24, 2.45) is 0 Å². The van der Waals surface area contributed by atoms with Crippen LogP contribution in [0.2, 0.25) is 0 Å². The highest BCUT2D eigenvalue weighted by molar-refractivity contribution is 7.89. The van der Waals surface area contributed by atoms with Crippen LogP contribution in [-0.2, 0) is 16.6 Å². The minimum atomic E-state index is -3.65. The molecule has 0 saturated heterocycles. The normalized spacial score (nSPS) is 10.9. The fourth-order valence-corrected chi connectivity index (χ4v) is 3.55. The molecule has 2 aromatic rings. The SMILES string of the molecule is C=CCOc1ccc(CN(C)C(=O)NCCNS(=O)(=O)c2ccc(OC)cc2)cc1. The monoisotopic (exact) mass is 433 g/mol. The van der Waals surface area contributed by atoms with Gasteiger partial charge in [-0.1, -0.05) is 24.8 Å². The van der Waals surface area contributed by atoms with E-state index >= 15 is 0 Å². The highest BCUT2D eigenvalue weighted by Gasteiger charge is 2.14. The van der Waals surface area contributed by atoms with Crippen LogP contribution < -0.4 is 19.5 Å². The molecule has 0 heterocycles. The van der Waals surface area contributed by atoms with Crippen molar-refractivity contribution >= 4 is 16.1 Å². The quantitative estimate of drug-likeness (QED) is 0.419. The average molecular weight is 434 g/mol. The summed E-state index contributed by atoms with van der Waals surface area (Å²) >= 11 is 0. The summed E-state index contributed by atoms with van der Waals surface area (Å²) in [4.78, 5) is 13.9. The molecular weight excluding hydrogens is 406 g/mol. The lowest BCUT2D eigenvalue weighted by atomic mass is 10.2. The molecule has 0 aromatic heterocycles. The van der Waals surface area contributed by atoms with E-state index in [9.17, 15) is 13.2 Å². The molecule has 9 heteroatoms. The molecule has 0 aliphatic rings. The van der Waals surface area contributed by atoms with Gasteiger partial charge in [0.05, 0.1) is 12.0 Å². The van der Waals surface area contributed by atoms with Crippen molar-refractivity contribution in [3.63, 3.8) is 0 Å². The molecule has 0 spiro atoms. The topological polar surface area (TPSA) is 97.0 Å². The van der Waals surface area contributed by atoms with Gasteiger partial charge in [0, 0.05) is 26.7 Å². The van der Waals surface area contributed by atoms with Gasteiger partial charge < -0.3 is 19.7 Å². The van der Waals surface area contributed by atoms with Crippen molar-refractivity contribution in [3.05, 3.63) is 66.7 Å². The second kappa shape index (κ2) is 11.2. The van der Waals surface area contributed by atoms with E-state index in [4.69, 9.17) is 9.47 Å². The lowest BCUT2D eigenvalue weighted by molar-refractivity contribution is 0.207. The predicted molar refractivity (Wildman–Crippen MR) is 115 cm³/mol. The third kappa shape index (κ3) is 7.09. The zero-order chi connectivity index (χ0) is 22.0. The summed E-state index contributed by atoms with van der Waals surface area (Å²) in [5, 5.41) is 2.69. The first-order chi connectivity index (χ1) is 14.4. The molecule has 8 nitrogen and oxygen atoms in total. The molecule has 0 saturated carbocycles. The molecule has 2 aromatic carbocycles. The highest BCUT2D eigenvalue weighted by atomic mass is 32.2. The molecule has 0 aliphatic heterocycles. The molecule has 162 valence electrons. The Morgan fingerprint density at radius 3 is 2.30 bits per heavy atom. The number of carbonyl (C=O) groups is 1. The Morgan fingerprint density at radius 2 is 1.70 bits per heavy atom. The summed E-state index contributed by atoms with van der Waals surface area (Å²) < 4.78 is 37.4. The van der Waals surface area contributed by atoms with E-state index in [1.165, 1.54) is 24.1 Å². The molecule has 2 N–H and O–H groups in total. The van der Waals surface area contributed by atoms with Crippen molar-refractivity contribution in [2.75, 3.05) is 33.9 Å². The van der Waals surface area contributed by atoms with Gasteiger partial charge in [-0.05, 0) is 42.0 Å². The predicted octanol–water partition coefficient (Wildman–Crippen LogP) is 2.38. The van der Waals surface area contributed by atoms with Gasteiger partial charge in [-0.3, -0.25) is 0 Å². The van der Waals surface area contributed by atoms with Crippen LogP contribution in [-0.4, -0.2) is 53.2 Å². The Labute approximate surface area is 177 Å². The van der Waals surface area contributed by atoms with Crippen molar-refractivity contribution in [3.8, 4) is 11.5 Å². The summed E-state index contributed by atoms with van der Waals surface area (Å²) in [6.45, 7) is 4.67. The van der Waals surface area contributed by atoms with E-state index < -0.39 is 10.0 Å². The van der Waals surface area contributed by atoms with Gasteiger partial charge in [0.15, 0.2) is 0 Å². The highest BCUT2D eigenvalue weighted by Crippen LogP contribution is 2.15. The molecule has 2 rings (SSSR count). The minimum Gasteiger partial charge on any atom is -0.497 e. The van der Waals surface area contributed by atoms with Gasteiger partial charge in [-0.25, -0.2) is 17.9 Å². The number of sulfonamides is 1. The Bertz CT molecular complexity index is 928. The maximum Gasteiger partial charge on any atom is 0.317 e. The van der Waals surface area contributed by atoms with Crippen LogP contribution >= 0.6 is 0 Å². The minimum absolute atomic E-state index is 0.0727. The summed E-state index contributed by atoms with van der Waals surface area (Å²) in [5.74, 6) is 1.30. The molecule has 0 aliphatic carbocycles. The van der Waals surface area contributed by atoms with E-state index in [0.717, 1.165) is 11.3 Å². The van der Waals surface area contributed by atoms with E-state index in [2.05, 4.69) is 16.6 Å². The average Bonchev–Trinajstić information content (AvgIpc) is 2.76. The number of methoxy groups -OCH3 is 1. The molecule has 0 fully saturated rings. The zero-order valence-corrected chi connectivity index (χ0v) is 17.9. The smallest absolute Gasteiger partial charge is 0.317 e. The van der Waals surface area contributed by atoms with Crippen LogP contribution in [0.4, 0.5) is 4.79 Å². The summed E-state index contributed by atoms with van der Waals surface area (Å²) in [7, 11) is -0.476. The molecule has 30 heavy (non-hydrogen) atoms. The number of ether oxygens (including phenoxy) is 2. The number of rotatable bonds is 11. The number of hydrogen-bond donors (Lipinski definition) is 2. The number of nitrogens with one attached hydrogen (secondary N) is 2. The molecule has 2 amide bonds. The lowest BCUT2D eigenvalue weighted by Gasteiger charge is -2.18. The maximum absolute atomic E-state index is 12.3. The Morgan fingerprint density at radius 1 is 1.07 bits per heavy atom. The number of amides is 2. The first-order valence-electron chi connectivity index (χ1n) is 9.31. The third-order valence-corrected chi connectivity index (χ3v) is 5.60. The van der Waals surface area contributed by atoms with E-state index in [1.54, 1.807) is 25.3 Å². The molecule has 0 radical (unpaired) electrons. The fourth-order valence-electron chi connectivity index (χ4n) is 2.52. The largest absolute Gasteiger partial charge is 0.497 e. The summed E-state index contributed by atoms with van der Waals surface area (Å²) in [5.41, 5.74) is 0.943. The van der Waals surface area contributed by atoms with Crippen LogP contribution in [0.3, 0.4) is 0 Å². The van der Waals surface area contributed by atoms with E-state index in [1.807, 2.05) is 24.3 Å². The first-order valence-corrected chi connectivity index (χ1v) is 10.8. The standard InChI is InChI=1S/C21H27N3O5S/c1-4-15-29-19-7-5-17(6-8-19)16-24(2)21(25)22-13-14-23-30(26,27)20-11-9-18(28-3)10-12-20/h4-12,23H,1,13-16H2,2-3H3,(H,22,25). The molecule has 0 unspecified atom stereocenters. The Kier molecular flexibility index (Phi) is 8.70. The van der Waals surface area contributed by atoms with Crippen LogP contribution in [0.25, 0.3) is 0 Å². The van der Waals surface area contributed by atoms with Crippen molar-refractivity contribution < 1.29 is 22.7 Å². The second-order valence-corrected chi connectivity index (χ2v) is 8.17. The van der Waals surface area contributed by atoms with Gasteiger partial charge in [0.1, 0.15) is 18.1 Å². The van der Waals surface area contributed by atoms with Crippen LogP contribution in [0.5, 0.6) is 11.5 Å². The third-order valence-electron chi connectivity index (χ3n) is 4.12. The Hall–Kier alpha value is -3.04. The maximum atomic E-state index is 12.3. The van der Waals surface area contributed by atoms with E-state index in [0.29, 0.717) is 18.9 Å². The van der Waals surface area contributed by atoms with Crippen molar-refractivity contribution in [1.82, 2.24) is 14.9 Å². The first kappa shape index (κ1) is 23.2. The Balaban J connectivity index is 1.75. The zero-order valence-electron chi connectivity index (χ0n) is 17.1. The van der Waals surface area contributed by atoms with Crippen LogP contribution in [0.15, 0.2) is 66.1 Å². The molecular formula is C21H27N3O5S. The van der Waals surface area contributed by atoms with Crippen LogP contribution in [0.1, 0.15) is 5.56 Å². The number of hydrogen-bond acceptors (Lipinski definition) is 5. The van der Waals surface area contributed by atoms with Crippen molar-refractivity contribution in [1.29, 1.82) is 0 Å². The van der Waals surface area contributed by atoms with Gasteiger partial charge in [0.25, 0.3) is 0 Å². The number of urea groups is 1. The van der Waals surface area contributed by atoms with Gasteiger partial charge in [-0.15, -0.1) is 0 Å². The second-order valence-electron chi connectivity index (χ2n) is 6.40. The van der Waals surface area contributed by atoms with Gasteiger partial charge in [-0.2, -0.15) is 0 Å². The number of benzene rings is 2. The number of carbonyl (C=O) groups excluding carboxylic acids is 1. The fraction of sp³-hybridized carbons (Fsp3) is 0.286.